The lowest BCUT2D eigenvalue weighted by Gasteiger charge is -2.15. The quantitative estimate of drug-likeness (QED) is 0.829. The first-order chi connectivity index (χ1) is 9.97. The standard InChI is InChI=1S/C13H17N5O3/c1-16(9-10-3-6-14-17(10)2)13(21)11-4-7-18(15-11)8-5-12(19)20/h3-4,6-7H,5,8-9H2,1-2H3,(H,19,20). The maximum atomic E-state index is 12.2. The van der Waals surface area contributed by atoms with Crippen LogP contribution in [0, 0.1) is 0 Å². The molecule has 0 saturated carbocycles. The van der Waals surface area contributed by atoms with E-state index in [1.165, 1.54) is 4.68 Å². The Morgan fingerprint density at radius 2 is 2.14 bits per heavy atom. The molecule has 21 heavy (non-hydrogen) atoms. The van der Waals surface area contributed by atoms with Crippen molar-refractivity contribution >= 4 is 11.9 Å². The van der Waals surface area contributed by atoms with Gasteiger partial charge in [0.2, 0.25) is 0 Å². The third-order valence-electron chi connectivity index (χ3n) is 3.08. The number of hydrogen-bond acceptors (Lipinski definition) is 4. The number of aryl methyl sites for hydroxylation is 2. The van der Waals surface area contributed by atoms with Crippen LogP contribution < -0.4 is 0 Å². The number of hydrogen-bond donors (Lipinski definition) is 1. The number of aliphatic carboxylic acids is 1. The molecule has 0 bridgehead atoms. The maximum Gasteiger partial charge on any atom is 0.305 e. The molecule has 0 atom stereocenters. The maximum absolute atomic E-state index is 12.2. The van der Waals surface area contributed by atoms with Gasteiger partial charge in [0, 0.05) is 26.5 Å². The number of carbonyl (C=O) groups excluding carboxylic acids is 1. The van der Waals surface area contributed by atoms with Crippen molar-refractivity contribution in [2.45, 2.75) is 19.5 Å². The van der Waals surface area contributed by atoms with Gasteiger partial charge in [-0.05, 0) is 12.1 Å². The van der Waals surface area contributed by atoms with E-state index in [0.717, 1.165) is 5.69 Å². The van der Waals surface area contributed by atoms with E-state index in [0.29, 0.717) is 12.2 Å². The lowest BCUT2D eigenvalue weighted by Crippen LogP contribution is -2.27. The van der Waals surface area contributed by atoms with Gasteiger partial charge in [-0.2, -0.15) is 10.2 Å². The smallest absolute Gasteiger partial charge is 0.305 e. The molecule has 1 amide bonds. The zero-order chi connectivity index (χ0) is 15.4. The summed E-state index contributed by atoms with van der Waals surface area (Å²) < 4.78 is 3.16. The van der Waals surface area contributed by atoms with E-state index in [9.17, 15) is 9.59 Å². The molecule has 2 heterocycles. The predicted octanol–water partition coefficient (Wildman–Crippen LogP) is 0.364. The third kappa shape index (κ3) is 3.68. The monoisotopic (exact) mass is 291 g/mol. The van der Waals surface area contributed by atoms with Crippen molar-refractivity contribution in [3.63, 3.8) is 0 Å². The van der Waals surface area contributed by atoms with Gasteiger partial charge in [-0.1, -0.05) is 0 Å². The van der Waals surface area contributed by atoms with Gasteiger partial charge in [-0.3, -0.25) is 19.0 Å². The molecule has 2 aromatic heterocycles. The first-order valence-electron chi connectivity index (χ1n) is 6.45. The summed E-state index contributed by atoms with van der Waals surface area (Å²) in [7, 11) is 3.50. The molecule has 0 radical (unpaired) electrons. The summed E-state index contributed by atoms with van der Waals surface area (Å²) in [6.45, 7) is 0.672. The second-order valence-electron chi connectivity index (χ2n) is 4.72. The summed E-state index contributed by atoms with van der Waals surface area (Å²) in [5, 5.41) is 16.8. The van der Waals surface area contributed by atoms with E-state index < -0.39 is 5.97 Å². The lowest BCUT2D eigenvalue weighted by atomic mass is 10.3. The summed E-state index contributed by atoms with van der Waals surface area (Å²) in [6.07, 6.45) is 3.25. The minimum atomic E-state index is -0.897. The highest BCUT2D eigenvalue weighted by Crippen LogP contribution is 2.06. The fourth-order valence-electron chi connectivity index (χ4n) is 1.88. The number of amides is 1. The van der Waals surface area contributed by atoms with Gasteiger partial charge < -0.3 is 10.0 Å². The van der Waals surface area contributed by atoms with Crippen LogP contribution in [0.25, 0.3) is 0 Å². The summed E-state index contributed by atoms with van der Waals surface area (Å²) in [6, 6.07) is 3.43. The molecule has 0 spiro atoms. The second kappa shape index (κ2) is 6.21. The van der Waals surface area contributed by atoms with Crippen LogP contribution in [0.5, 0.6) is 0 Å². The Kier molecular flexibility index (Phi) is 4.36. The summed E-state index contributed by atoms with van der Waals surface area (Å²) >= 11 is 0. The fraction of sp³-hybridized carbons (Fsp3) is 0.385. The molecule has 112 valence electrons. The Labute approximate surface area is 121 Å². The molecule has 2 aromatic rings. The van der Waals surface area contributed by atoms with Crippen molar-refractivity contribution < 1.29 is 14.7 Å². The van der Waals surface area contributed by atoms with Gasteiger partial charge in [-0.25, -0.2) is 0 Å². The van der Waals surface area contributed by atoms with E-state index in [1.54, 1.807) is 35.1 Å². The number of carbonyl (C=O) groups is 2. The normalized spacial score (nSPS) is 10.6. The first kappa shape index (κ1) is 14.8. The molecule has 0 saturated heterocycles. The van der Waals surface area contributed by atoms with Crippen LogP contribution in [0.1, 0.15) is 22.6 Å². The number of aromatic nitrogens is 4. The first-order valence-corrected chi connectivity index (χ1v) is 6.45. The van der Waals surface area contributed by atoms with Crippen LogP contribution in [0.4, 0.5) is 0 Å². The number of carboxylic acids is 1. The fourth-order valence-corrected chi connectivity index (χ4v) is 1.88. The molecule has 8 nitrogen and oxygen atoms in total. The van der Waals surface area contributed by atoms with Crippen LogP contribution in [-0.4, -0.2) is 48.5 Å². The minimum absolute atomic E-state index is 0.0276. The molecule has 0 aliphatic rings. The lowest BCUT2D eigenvalue weighted by molar-refractivity contribution is -0.137. The van der Waals surface area contributed by atoms with E-state index in [1.807, 2.05) is 13.1 Å². The van der Waals surface area contributed by atoms with E-state index in [4.69, 9.17) is 5.11 Å². The van der Waals surface area contributed by atoms with Crippen molar-refractivity contribution in [1.29, 1.82) is 0 Å². The number of carboxylic acid groups (broad SMARTS) is 1. The highest BCUT2D eigenvalue weighted by Gasteiger charge is 2.16. The van der Waals surface area contributed by atoms with Crippen LogP contribution in [0.3, 0.4) is 0 Å². The molecule has 0 aromatic carbocycles. The number of rotatable bonds is 6. The van der Waals surface area contributed by atoms with Crippen LogP contribution in [0.15, 0.2) is 24.5 Å². The van der Waals surface area contributed by atoms with Crippen LogP contribution >= 0.6 is 0 Å². The predicted molar refractivity (Wildman–Crippen MR) is 73.5 cm³/mol. The molecule has 8 heteroatoms. The van der Waals surface area contributed by atoms with Crippen molar-refractivity contribution in [3.05, 3.63) is 35.9 Å². The summed E-state index contributed by atoms with van der Waals surface area (Å²) in [5.74, 6) is -1.11. The third-order valence-corrected chi connectivity index (χ3v) is 3.08. The largest absolute Gasteiger partial charge is 0.481 e. The van der Waals surface area contributed by atoms with Crippen LogP contribution in [0.2, 0.25) is 0 Å². The Hall–Kier alpha value is -2.64. The average molecular weight is 291 g/mol. The Morgan fingerprint density at radius 1 is 1.38 bits per heavy atom. The van der Waals surface area contributed by atoms with Crippen molar-refractivity contribution in [3.8, 4) is 0 Å². The van der Waals surface area contributed by atoms with Gasteiger partial charge in [0.25, 0.3) is 5.91 Å². The minimum Gasteiger partial charge on any atom is -0.481 e. The molecule has 0 unspecified atom stereocenters. The van der Waals surface area contributed by atoms with Crippen molar-refractivity contribution in [2.24, 2.45) is 7.05 Å². The van der Waals surface area contributed by atoms with Gasteiger partial charge in [0.1, 0.15) is 5.69 Å². The van der Waals surface area contributed by atoms with Gasteiger partial charge >= 0.3 is 5.97 Å². The molecular weight excluding hydrogens is 274 g/mol. The Morgan fingerprint density at radius 3 is 2.76 bits per heavy atom. The second-order valence-corrected chi connectivity index (χ2v) is 4.72. The van der Waals surface area contributed by atoms with Crippen molar-refractivity contribution in [2.75, 3.05) is 7.05 Å². The SMILES string of the molecule is CN(Cc1ccnn1C)C(=O)c1ccn(CCC(=O)O)n1. The molecule has 0 fully saturated rings. The summed E-state index contributed by atoms with van der Waals surface area (Å²) in [5.41, 5.74) is 1.21. The topological polar surface area (TPSA) is 93.2 Å². The van der Waals surface area contributed by atoms with E-state index in [-0.39, 0.29) is 18.9 Å². The van der Waals surface area contributed by atoms with Gasteiger partial charge in [-0.15, -0.1) is 0 Å². The molecule has 0 aliphatic heterocycles. The van der Waals surface area contributed by atoms with Crippen LogP contribution in [-0.2, 0) is 24.9 Å². The zero-order valence-corrected chi connectivity index (χ0v) is 11.9. The van der Waals surface area contributed by atoms with E-state index in [2.05, 4.69) is 10.2 Å². The zero-order valence-electron chi connectivity index (χ0n) is 11.9. The highest BCUT2D eigenvalue weighted by atomic mass is 16.4. The molecule has 0 aliphatic carbocycles. The van der Waals surface area contributed by atoms with Gasteiger partial charge in [0.05, 0.1) is 25.2 Å². The highest BCUT2D eigenvalue weighted by molar-refractivity contribution is 5.91. The summed E-state index contributed by atoms with van der Waals surface area (Å²) in [4.78, 5) is 24.3. The van der Waals surface area contributed by atoms with Crippen molar-refractivity contribution in [1.82, 2.24) is 24.5 Å². The Balaban J connectivity index is 1.99. The Bertz CT molecular complexity index is 646. The van der Waals surface area contributed by atoms with Gasteiger partial charge in [0.15, 0.2) is 0 Å². The number of nitrogens with zero attached hydrogens (tertiary/aromatic N) is 5. The molecule has 2 rings (SSSR count). The molecular formula is C13H17N5O3. The average Bonchev–Trinajstić information content (AvgIpc) is 3.05. The molecule has 1 N–H and O–H groups in total. The van der Waals surface area contributed by atoms with E-state index >= 15 is 0 Å².